The van der Waals surface area contributed by atoms with Crippen LogP contribution in [0.3, 0.4) is 0 Å². The van der Waals surface area contributed by atoms with Gasteiger partial charge in [0.05, 0.1) is 0 Å². The predicted molar refractivity (Wildman–Crippen MR) is 147 cm³/mol. The first-order valence-corrected chi connectivity index (χ1v) is 13.5. The molecule has 3 heterocycles. The molecule has 1 amide bonds. The summed E-state index contributed by atoms with van der Waals surface area (Å²) < 4.78 is 21.9. The molecule has 39 heavy (non-hydrogen) atoms. The fraction of sp³-hybridized carbons (Fsp3) is 0.433. The number of benzene rings is 1. The highest BCUT2D eigenvalue weighted by Gasteiger charge is 2.30. The van der Waals surface area contributed by atoms with Crippen LogP contribution in [0, 0.1) is 31.5 Å². The maximum absolute atomic E-state index is 15.1. The van der Waals surface area contributed by atoms with Gasteiger partial charge in [-0.1, -0.05) is 25.4 Å². The normalized spacial score (nSPS) is 17.6. The minimum absolute atomic E-state index is 0.0545. The van der Waals surface area contributed by atoms with Crippen LogP contribution in [0.2, 0.25) is 0 Å². The van der Waals surface area contributed by atoms with Gasteiger partial charge in [-0.05, 0) is 79.8 Å². The Morgan fingerprint density at radius 3 is 2.69 bits per heavy atom. The Bertz CT molecular complexity index is 1550. The van der Waals surface area contributed by atoms with Crippen molar-refractivity contribution in [1.82, 2.24) is 19.9 Å². The molecule has 3 aromatic heterocycles. The first-order valence-electron chi connectivity index (χ1n) is 13.5. The van der Waals surface area contributed by atoms with E-state index in [9.17, 15) is 9.59 Å². The number of rotatable bonds is 7. The highest BCUT2D eigenvalue weighted by molar-refractivity contribution is 5.95. The van der Waals surface area contributed by atoms with Gasteiger partial charge in [0.2, 0.25) is 5.91 Å². The highest BCUT2D eigenvalue weighted by atomic mass is 19.1. The minimum atomic E-state index is -0.379. The lowest BCUT2D eigenvalue weighted by Gasteiger charge is -2.27. The van der Waals surface area contributed by atoms with Crippen LogP contribution in [-0.4, -0.2) is 31.6 Å². The number of carbonyl (C=O) groups is 2. The molecule has 1 saturated carbocycles. The minimum Gasteiger partial charge on any atom is -0.361 e. The number of hydrogen-bond acceptors (Lipinski definition) is 6. The number of anilines is 1. The Kier molecular flexibility index (Phi) is 7.34. The Morgan fingerprint density at radius 1 is 1.18 bits per heavy atom. The third kappa shape index (κ3) is 5.48. The first kappa shape index (κ1) is 26.7. The van der Waals surface area contributed by atoms with E-state index in [-0.39, 0.29) is 35.3 Å². The van der Waals surface area contributed by atoms with E-state index in [1.807, 2.05) is 20.0 Å². The number of ketones is 1. The number of aromatic nitrogens is 4. The lowest BCUT2D eigenvalue weighted by Crippen LogP contribution is -2.29. The van der Waals surface area contributed by atoms with Crippen LogP contribution >= 0.6 is 0 Å². The summed E-state index contributed by atoms with van der Waals surface area (Å²) in [6.07, 6.45) is 5.22. The molecule has 8 nitrogen and oxygen atoms in total. The van der Waals surface area contributed by atoms with E-state index >= 15 is 4.39 Å². The van der Waals surface area contributed by atoms with E-state index in [2.05, 4.69) is 34.4 Å². The fourth-order valence-electron chi connectivity index (χ4n) is 5.82. The topological polar surface area (TPSA) is 103 Å². The van der Waals surface area contributed by atoms with Gasteiger partial charge in [-0.2, -0.15) is 5.10 Å². The SMILES string of the molecule is Cc1cc(C(=O)C[C@@H]2CCC[C@H](C(=O)Nc3cc(-c4cc(F)c5nn(C)c(C(C)C)c5c4)c(C)cn3)C2)no1. The molecule has 1 fully saturated rings. The summed E-state index contributed by atoms with van der Waals surface area (Å²) in [7, 11) is 1.83. The van der Waals surface area contributed by atoms with E-state index in [4.69, 9.17) is 4.52 Å². The zero-order chi connectivity index (χ0) is 27.8. The van der Waals surface area contributed by atoms with Crippen molar-refractivity contribution in [3.8, 4) is 11.1 Å². The molecule has 1 N–H and O–H groups in total. The maximum Gasteiger partial charge on any atom is 0.228 e. The summed E-state index contributed by atoms with van der Waals surface area (Å²) in [6.45, 7) is 7.80. The summed E-state index contributed by atoms with van der Waals surface area (Å²) in [5.74, 6) is 0.571. The summed E-state index contributed by atoms with van der Waals surface area (Å²) in [6, 6.07) is 6.91. The molecule has 9 heteroatoms. The van der Waals surface area contributed by atoms with Crippen LogP contribution in [0.15, 0.2) is 35.0 Å². The summed E-state index contributed by atoms with van der Waals surface area (Å²) in [4.78, 5) is 30.2. The quantitative estimate of drug-likeness (QED) is 0.272. The van der Waals surface area contributed by atoms with Crippen LogP contribution in [0.25, 0.3) is 22.0 Å². The van der Waals surface area contributed by atoms with Crippen LogP contribution in [-0.2, 0) is 11.8 Å². The maximum atomic E-state index is 15.1. The van der Waals surface area contributed by atoms with Crippen molar-refractivity contribution in [3.05, 3.63) is 59.0 Å². The van der Waals surface area contributed by atoms with Gasteiger partial charge < -0.3 is 9.84 Å². The Morgan fingerprint density at radius 2 is 1.97 bits per heavy atom. The number of carbonyl (C=O) groups excluding carboxylic acids is 2. The molecule has 0 unspecified atom stereocenters. The van der Waals surface area contributed by atoms with Gasteiger partial charge in [-0.3, -0.25) is 14.3 Å². The van der Waals surface area contributed by atoms with Crippen molar-refractivity contribution in [2.24, 2.45) is 18.9 Å². The average Bonchev–Trinajstić information content (AvgIpc) is 3.48. The first-order chi connectivity index (χ1) is 18.6. The second-order valence-corrected chi connectivity index (χ2v) is 11.1. The van der Waals surface area contributed by atoms with E-state index in [1.165, 1.54) is 6.07 Å². The molecule has 4 aromatic rings. The van der Waals surface area contributed by atoms with Crippen molar-refractivity contribution < 1.29 is 18.5 Å². The lowest BCUT2D eigenvalue weighted by molar-refractivity contribution is -0.121. The summed E-state index contributed by atoms with van der Waals surface area (Å²) in [5, 5.41) is 12.0. The average molecular weight is 532 g/mol. The van der Waals surface area contributed by atoms with Gasteiger partial charge in [0.15, 0.2) is 11.6 Å². The summed E-state index contributed by atoms with van der Waals surface area (Å²) >= 11 is 0. The number of halogens is 1. The zero-order valence-electron chi connectivity index (χ0n) is 23.0. The number of hydrogen-bond donors (Lipinski definition) is 1. The van der Waals surface area contributed by atoms with Gasteiger partial charge in [0.1, 0.15) is 22.8 Å². The molecular formula is C30H34FN5O3. The van der Waals surface area contributed by atoms with Crippen LogP contribution < -0.4 is 5.32 Å². The number of fused-ring (bicyclic) bond motifs is 1. The molecule has 0 spiro atoms. The van der Waals surface area contributed by atoms with Crippen LogP contribution in [0.1, 0.15) is 79.4 Å². The van der Waals surface area contributed by atoms with Crippen molar-refractivity contribution in [2.75, 3.05) is 5.32 Å². The van der Waals surface area contributed by atoms with Gasteiger partial charge >= 0.3 is 0 Å². The lowest BCUT2D eigenvalue weighted by atomic mass is 9.78. The van der Waals surface area contributed by atoms with Gasteiger partial charge in [0.25, 0.3) is 0 Å². The molecule has 2 atom stereocenters. The van der Waals surface area contributed by atoms with Crippen molar-refractivity contribution in [3.63, 3.8) is 0 Å². The molecule has 0 bridgehead atoms. The molecule has 1 aliphatic rings. The largest absolute Gasteiger partial charge is 0.361 e. The zero-order valence-corrected chi connectivity index (χ0v) is 23.0. The molecule has 0 radical (unpaired) electrons. The molecule has 1 aliphatic carbocycles. The van der Waals surface area contributed by atoms with Crippen molar-refractivity contribution in [2.45, 2.75) is 65.7 Å². The Hall–Kier alpha value is -3.88. The third-order valence-corrected chi connectivity index (χ3v) is 7.69. The number of Topliss-reactive ketones (excluding diaryl/α,β-unsaturated/α-hetero) is 1. The Labute approximate surface area is 227 Å². The smallest absolute Gasteiger partial charge is 0.228 e. The van der Waals surface area contributed by atoms with Gasteiger partial charge in [-0.15, -0.1) is 0 Å². The van der Waals surface area contributed by atoms with Crippen LogP contribution in [0.4, 0.5) is 10.2 Å². The Balaban J connectivity index is 1.33. The molecule has 0 saturated heterocycles. The third-order valence-electron chi connectivity index (χ3n) is 7.69. The summed E-state index contributed by atoms with van der Waals surface area (Å²) in [5.41, 5.74) is 4.06. The second kappa shape index (κ2) is 10.7. The van der Waals surface area contributed by atoms with Crippen LogP contribution in [0.5, 0.6) is 0 Å². The monoisotopic (exact) mass is 531 g/mol. The standard InChI is InChI=1S/C30H34FN5O3/c1-16(2)29-23-12-21(13-24(31)28(23)34-36(29)5)22-14-27(32-15-17(22)3)33-30(38)20-8-6-7-19(10-20)11-26(37)25-9-18(4)39-35-25/h9,12-16,19-20H,6-8,10-11H2,1-5H3,(H,32,33,38)/t19-,20+/m1/s1. The number of pyridine rings is 1. The van der Waals surface area contributed by atoms with E-state index in [0.717, 1.165) is 41.5 Å². The van der Waals surface area contributed by atoms with Gasteiger partial charge in [-0.25, -0.2) is 9.37 Å². The molecule has 0 aliphatic heterocycles. The molecule has 5 rings (SSSR count). The van der Waals surface area contributed by atoms with Crippen molar-refractivity contribution in [1.29, 1.82) is 0 Å². The predicted octanol–water partition coefficient (Wildman–Crippen LogP) is 6.52. The number of nitrogens with zero attached hydrogens (tertiary/aromatic N) is 4. The van der Waals surface area contributed by atoms with E-state index < -0.39 is 0 Å². The second-order valence-electron chi connectivity index (χ2n) is 11.1. The number of nitrogens with one attached hydrogen (secondary N) is 1. The van der Waals surface area contributed by atoms with E-state index in [1.54, 1.807) is 29.9 Å². The fourth-order valence-corrected chi connectivity index (χ4v) is 5.82. The number of aryl methyl sites for hydroxylation is 3. The van der Waals surface area contributed by atoms with Crippen molar-refractivity contribution >= 4 is 28.4 Å². The van der Waals surface area contributed by atoms with E-state index in [0.29, 0.717) is 41.2 Å². The van der Waals surface area contributed by atoms with Gasteiger partial charge in [0, 0.05) is 42.7 Å². The molecule has 1 aromatic carbocycles. The molecular weight excluding hydrogens is 497 g/mol. The number of amides is 1. The highest BCUT2D eigenvalue weighted by Crippen LogP contribution is 2.35. The molecule has 204 valence electrons.